The van der Waals surface area contributed by atoms with Crippen LogP contribution in [0, 0.1) is 0 Å². The third-order valence-corrected chi connectivity index (χ3v) is 4.60. The van der Waals surface area contributed by atoms with Crippen LogP contribution >= 0.6 is 35.3 Å². The average molecular weight is 467 g/mol. The lowest BCUT2D eigenvalue weighted by atomic mass is 9.93. The number of nitrogens with one attached hydrogen (secondary N) is 1. The zero-order valence-corrected chi connectivity index (χ0v) is 18.0. The van der Waals surface area contributed by atoms with Gasteiger partial charge in [-0.1, -0.05) is 20.8 Å². The van der Waals surface area contributed by atoms with Crippen LogP contribution in [0.3, 0.4) is 0 Å². The highest BCUT2D eigenvalue weighted by Gasteiger charge is 2.17. The van der Waals surface area contributed by atoms with Crippen molar-refractivity contribution in [3.63, 3.8) is 0 Å². The van der Waals surface area contributed by atoms with Crippen molar-refractivity contribution in [1.82, 2.24) is 15.2 Å². The first-order chi connectivity index (χ1) is 10.9. The van der Waals surface area contributed by atoms with Crippen molar-refractivity contribution in [3.05, 3.63) is 16.1 Å². The molecule has 1 aliphatic heterocycles. The van der Waals surface area contributed by atoms with Crippen LogP contribution in [-0.4, -0.2) is 55.2 Å². The first-order valence-corrected chi connectivity index (χ1v) is 9.12. The van der Waals surface area contributed by atoms with Crippen molar-refractivity contribution in [2.24, 2.45) is 10.7 Å². The Hall–Kier alpha value is -0.450. The number of ether oxygens (including phenoxy) is 1. The summed E-state index contributed by atoms with van der Waals surface area (Å²) in [7, 11) is 0. The van der Waals surface area contributed by atoms with Crippen molar-refractivity contribution in [2.75, 3.05) is 39.4 Å². The van der Waals surface area contributed by atoms with E-state index in [0.717, 1.165) is 56.5 Å². The van der Waals surface area contributed by atoms with Gasteiger partial charge in [0.2, 0.25) is 0 Å². The van der Waals surface area contributed by atoms with E-state index in [1.807, 2.05) is 0 Å². The van der Waals surface area contributed by atoms with Crippen LogP contribution in [0.15, 0.2) is 10.4 Å². The van der Waals surface area contributed by atoms with Gasteiger partial charge in [-0.3, -0.25) is 4.90 Å². The van der Waals surface area contributed by atoms with Crippen molar-refractivity contribution >= 4 is 41.3 Å². The first-order valence-electron chi connectivity index (χ1n) is 8.24. The minimum absolute atomic E-state index is 0. The van der Waals surface area contributed by atoms with Crippen molar-refractivity contribution in [2.45, 2.75) is 39.2 Å². The van der Waals surface area contributed by atoms with Crippen LogP contribution in [0.1, 0.15) is 37.9 Å². The highest BCUT2D eigenvalue weighted by atomic mass is 127. The highest BCUT2D eigenvalue weighted by Crippen LogP contribution is 2.24. The van der Waals surface area contributed by atoms with Crippen LogP contribution in [-0.2, 0) is 16.7 Å². The molecule has 1 aromatic heterocycles. The molecule has 0 aliphatic carbocycles. The predicted octanol–water partition coefficient (Wildman–Crippen LogP) is 2.19. The number of nitrogens with two attached hydrogens (primary N) is 1. The summed E-state index contributed by atoms with van der Waals surface area (Å²) < 4.78 is 5.34. The maximum Gasteiger partial charge on any atom is 0.189 e. The highest BCUT2D eigenvalue weighted by molar-refractivity contribution is 14.0. The molecular formula is C16H30IN5OS. The molecule has 2 heterocycles. The lowest BCUT2D eigenvalue weighted by molar-refractivity contribution is 0.0376. The molecule has 0 bridgehead atoms. The molecule has 0 radical (unpaired) electrons. The number of rotatable bonds is 6. The zero-order chi connectivity index (χ0) is 16.7. The van der Waals surface area contributed by atoms with Gasteiger partial charge < -0.3 is 15.8 Å². The lowest BCUT2D eigenvalue weighted by Crippen LogP contribution is -2.39. The Morgan fingerprint density at radius 2 is 2.12 bits per heavy atom. The summed E-state index contributed by atoms with van der Waals surface area (Å²) in [5, 5.41) is 6.29. The Morgan fingerprint density at radius 1 is 1.42 bits per heavy atom. The maximum absolute atomic E-state index is 5.92. The quantitative estimate of drug-likeness (QED) is 0.290. The molecule has 1 fully saturated rings. The number of hydrogen-bond acceptors (Lipinski definition) is 5. The van der Waals surface area contributed by atoms with Gasteiger partial charge in [0.25, 0.3) is 0 Å². The normalized spacial score (nSPS) is 16.7. The molecule has 138 valence electrons. The summed E-state index contributed by atoms with van der Waals surface area (Å²) >= 11 is 1.65. The Kier molecular flexibility index (Phi) is 9.47. The van der Waals surface area contributed by atoms with Crippen LogP contribution in [0.4, 0.5) is 0 Å². The summed E-state index contributed by atoms with van der Waals surface area (Å²) in [6.07, 6.45) is 1.06. The van der Waals surface area contributed by atoms with Crippen LogP contribution < -0.4 is 11.1 Å². The molecule has 1 aromatic rings. The van der Waals surface area contributed by atoms with Crippen LogP contribution in [0.2, 0.25) is 0 Å². The summed E-state index contributed by atoms with van der Waals surface area (Å²) in [5.74, 6) is 0.500. The second-order valence-corrected chi connectivity index (χ2v) is 7.75. The molecule has 1 aliphatic rings. The number of morpholine rings is 1. The number of aliphatic imine (C=N–C) groups is 1. The first kappa shape index (κ1) is 21.6. The van der Waals surface area contributed by atoms with Crippen molar-refractivity contribution in [1.29, 1.82) is 0 Å². The van der Waals surface area contributed by atoms with Gasteiger partial charge in [-0.2, -0.15) is 0 Å². The van der Waals surface area contributed by atoms with Gasteiger partial charge in [0.1, 0.15) is 5.01 Å². The molecule has 8 heteroatoms. The molecule has 6 nitrogen and oxygen atoms in total. The SMILES string of the molecule is CC(C)(C)c1csc(CN=C(N)NCCCN2CCOCC2)n1.I. The minimum Gasteiger partial charge on any atom is -0.379 e. The number of halogens is 1. The van der Waals surface area contributed by atoms with E-state index >= 15 is 0 Å². The fourth-order valence-electron chi connectivity index (χ4n) is 2.28. The average Bonchev–Trinajstić information content (AvgIpc) is 3.00. The topological polar surface area (TPSA) is 75.8 Å². The molecule has 0 spiro atoms. The van der Waals surface area contributed by atoms with Gasteiger partial charge in [-0.15, -0.1) is 35.3 Å². The molecule has 0 aromatic carbocycles. The number of thiazole rings is 1. The fraction of sp³-hybridized carbons (Fsp3) is 0.750. The molecule has 3 N–H and O–H groups in total. The van der Waals surface area contributed by atoms with E-state index < -0.39 is 0 Å². The molecule has 1 saturated heterocycles. The Balaban J connectivity index is 0.00000288. The van der Waals surface area contributed by atoms with E-state index in [0.29, 0.717) is 12.5 Å². The van der Waals surface area contributed by atoms with Crippen molar-refractivity contribution in [3.8, 4) is 0 Å². The van der Waals surface area contributed by atoms with Gasteiger partial charge in [0, 0.05) is 30.4 Å². The molecular weight excluding hydrogens is 437 g/mol. The van der Waals surface area contributed by atoms with Crippen LogP contribution in [0.25, 0.3) is 0 Å². The van der Waals surface area contributed by atoms with Gasteiger partial charge in [0.15, 0.2) is 5.96 Å². The zero-order valence-electron chi connectivity index (χ0n) is 14.9. The Labute approximate surface area is 166 Å². The Bertz CT molecular complexity index is 509. The summed E-state index contributed by atoms with van der Waals surface area (Å²) in [6, 6.07) is 0. The van der Waals surface area contributed by atoms with Gasteiger partial charge in [-0.05, 0) is 13.0 Å². The second-order valence-electron chi connectivity index (χ2n) is 6.81. The summed E-state index contributed by atoms with van der Waals surface area (Å²) in [5.41, 5.74) is 7.12. The van der Waals surface area contributed by atoms with E-state index in [2.05, 4.69) is 46.3 Å². The van der Waals surface area contributed by atoms with Crippen molar-refractivity contribution < 1.29 is 4.74 Å². The fourth-order valence-corrected chi connectivity index (χ4v) is 3.22. The molecule has 24 heavy (non-hydrogen) atoms. The van der Waals surface area contributed by atoms with E-state index in [9.17, 15) is 0 Å². The van der Waals surface area contributed by atoms with E-state index in [-0.39, 0.29) is 29.4 Å². The monoisotopic (exact) mass is 467 g/mol. The number of nitrogens with zero attached hydrogens (tertiary/aromatic N) is 3. The molecule has 0 saturated carbocycles. The van der Waals surface area contributed by atoms with Gasteiger partial charge in [0.05, 0.1) is 25.5 Å². The van der Waals surface area contributed by atoms with Gasteiger partial charge >= 0.3 is 0 Å². The predicted molar refractivity (Wildman–Crippen MR) is 111 cm³/mol. The second kappa shape index (κ2) is 10.5. The lowest BCUT2D eigenvalue weighted by Gasteiger charge is -2.26. The summed E-state index contributed by atoms with van der Waals surface area (Å²) in [4.78, 5) is 11.4. The third kappa shape index (κ3) is 7.62. The van der Waals surface area contributed by atoms with Gasteiger partial charge in [-0.25, -0.2) is 9.98 Å². The number of aromatic nitrogens is 1. The van der Waals surface area contributed by atoms with E-state index in [1.54, 1.807) is 11.3 Å². The number of guanidine groups is 1. The van der Waals surface area contributed by atoms with Crippen LogP contribution in [0.5, 0.6) is 0 Å². The minimum atomic E-state index is 0. The molecule has 0 amide bonds. The standard InChI is InChI=1S/C16H29N5OS.HI/c1-16(2,3)13-12-23-14(20-13)11-19-15(17)18-5-4-6-21-7-9-22-10-8-21;/h12H,4-11H2,1-3H3,(H3,17,18,19);1H. The molecule has 2 rings (SSSR count). The summed E-state index contributed by atoms with van der Waals surface area (Å²) in [6.45, 7) is 12.7. The molecule has 0 atom stereocenters. The maximum atomic E-state index is 5.92. The smallest absolute Gasteiger partial charge is 0.189 e. The molecule has 0 unspecified atom stereocenters. The third-order valence-electron chi connectivity index (χ3n) is 3.77. The Morgan fingerprint density at radius 3 is 2.75 bits per heavy atom. The van der Waals surface area contributed by atoms with E-state index in [4.69, 9.17) is 10.5 Å². The van der Waals surface area contributed by atoms with E-state index in [1.165, 1.54) is 0 Å². The number of hydrogen-bond donors (Lipinski definition) is 2. The largest absolute Gasteiger partial charge is 0.379 e.